The van der Waals surface area contributed by atoms with Gasteiger partial charge < -0.3 is 15.7 Å². The van der Waals surface area contributed by atoms with Crippen molar-refractivity contribution in [2.24, 2.45) is 5.92 Å². The minimum absolute atomic E-state index is 0.0839. The van der Waals surface area contributed by atoms with E-state index in [0.29, 0.717) is 24.5 Å². The minimum atomic E-state index is -0.999. The molecule has 0 aromatic rings. The van der Waals surface area contributed by atoms with Crippen LogP contribution in [-0.4, -0.2) is 46.0 Å². The van der Waals surface area contributed by atoms with Gasteiger partial charge in [0.25, 0.3) is 0 Å². The molecule has 4 atom stereocenters. The lowest BCUT2D eigenvalue weighted by molar-refractivity contribution is -0.146. The molecule has 1 unspecified atom stereocenters. The summed E-state index contributed by atoms with van der Waals surface area (Å²) in [7, 11) is 0. The topological polar surface area (TPSA) is 95.5 Å². The van der Waals surface area contributed by atoms with Gasteiger partial charge in [0.1, 0.15) is 11.7 Å². The SMILES string of the molecule is CCCC(C(=O)O)C(=O)CCCC[C@@H]1SC[C@@H]2NC(=O)N[C@@H]21. The Morgan fingerprint density at radius 3 is 2.82 bits per heavy atom. The molecule has 6 nitrogen and oxygen atoms in total. The number of carboxylic acid groups (broad SMARTS) is 1. The number of nitrogens with one attached hydrogen (secondary N) is 2. The Morgan fingerprint density at radius 2 is 2.14 bits per heavy atom. The first kappa shape index (κ1) is 17.1. The van der Waals surface area contributed by atoms with E-state index < -0.39 is 11.9 Å². The predicted octanol–water partition coefficient (Wildman–Crippen LogP) is 1.78. The van der Waals surface area contributed by atoms with Gasteiger partial charge in [-0.2, -0.15) is 11.8 Å². The molecule has 2 aliphatic heterocycles. The van der Waals surface area contributed by atoms with Crippen LogP contribution in [0.2, 0.25) is 0 Å². The lowest BCUT2D eigenvalue weighted by atomic mass is 9.94. The average molecular weight is 328 g/mol. The Morgan fingerprint density at radius 1 is 1.36 bits per heavy atom. The third kappa shape index (κ3) is 4.15. The normalized spacial score (nSPS) is 27.9. The molecule has 0 bridgehead atoms. The summed E-state index contributed by atoms with van der Waals surface area (Å²) in [6.45, 7) is 1.89. The second kappa shape index (κ2) is 7.85. The number of urea groups is 1. The lowest BCUT2D eigenvalue weighted by Gasteiger charge is -2.16. The molecular weight excluding hydrogens is 304 g/mol. The van der Waals surface area contributed by atoms with Gasteiger partial charge >= 0.3 is 12.0 Å². The van der Waals surface area contributed by atoms with Crippen LogP contribution in [0, 0.1) is 5.92 Å². The maximum Gasteiger partial charge on any atom is 0.315 e. The van der Waals surface area contributed by atoms with Crippen molar-refractivity contribution in [3.8, 4) is 0 Å². The van der Waals surface area contributed by atoms with E-state index in [-0.39, 0.29) is 23.9 Å². The van der Waals surface area contributed by atoms with Gasteiger partial charge in [0.15, 0.2) is 0 Å². The van der Waals surface area contributed by atoms with Crippen molar-refractivity contribution in [3.05, 3.63) is 0 Å². The molecule has 0 saturated carbocycles. The number of hydrogen-bond donors (Lipinski definition) is 3. The molecule has 0 radical (unpaired) electrons. The summed E-state index contributed by atoms with van der Waals surface area (Å²) >= 11 is 1.86. The van der Waals surface area contributed by atoms with E-state index in [9.17, 15) is 14.4 Å². The first-order chi connectivity index (χ1) is 10.5. The van der Waals surface area contributed by atoms with Crippen molar-refractivity contribution in [1.29, 1.82) is 0 Å². The molecule has 0 aromatic heterocycles. The summed E-state index contributed by atoms with van der Waals surface area (Å²) in [6.07, 6.45) is 4.04. The summed E-state index contributed by atoms with van der Waals surface area (Å²) < 4.78 is 0. The van der Waals surface area contributed by atoms with Crippen LogP contribution < -0.4 is 10.6 Å². The van der Waals surface area contributed by atoms with Gasteiger partial charge in [-0.25, -0.2) is 4.79 Å². The number of Topliss-reactive ketones (excluding diaryl/α,β-unsaturated/α-hetero) is 1. The number of fused-ring (bicyclic) bond motifs is 1. The lowest BCUT2D eigenvalue weighted by Crippen LogP contribution is -2.36. The van der Waals surface area contributed by atoms with Crippen molar-refractivity contribution in [1.82, 2.24) is 10.6 Å². The molecule has 0 aromatic carbocycles. The third-order valence-corrected chi connectivity index (χ3v) is 5.87. The molecule has 22 heavy (non-hydrogen) atoms. The monoisotopic (exact) mass is 328 g/mol. The molecule has 2 amide bonds. The maximum atomic E-state index is 11.9. The van der Waals surface area contributed by atoms with Crippen LogP contribution in [0.1, 0.15) is 45.4 Å². The van der Waals surface area contributed by atoms with Gasteiger partial charge in [0, 0.05) is 17.4 Å². The van der Waals surface area contributed by atoms with Crippen LogP contribution in [-0.2, 0) is 9.59 Å². The summed E-state index contributed by atoms with van der Waals surface area (Å²) in [5.41, 5.74) is 0. The summed E-state index contributed by atoms with van der Waals surface area (Å²) in [5, 5.41) is 15.3. The van der Waals surface area contributed by atoms with Crippen LogP contribution in [0.25, 0.3) is 0 Å². The molecule has 0 aliphatic carbocycles. The third-order valence-electron chi connectivity index (χ3n) is 4.36. The number of thioether (sulfide) groups is 1. The second-order valence-electron chi connectivity index (χ2n) is 6.01. The zero-order chi connectivity index (χ0) is 16.1. The van der Waals surface area contributed by atoms with Gasteiger partial charge in [0.05, 0.1) is 12.1 Å². The Bertz CT molecular complexity index is 443. The number of carboxylic acids is 1. The van der Waals surface area contributed by atoms with Crippen molar-refractivity contribution in [3.63, 3.8) is 0 Å². The molecular formula is C15H24N2O4S. The van der Waals surface area contributed by atoms with Gasteiger partial charge in [-0.15, -0.1) is 0 Å². The standard InChI is InChI=1S/C15H24N2O4S/c1-2-5-9(14(19)20)11(18)6-3-4-7-12-13-10(8-22-12)16-15(21)17-13/h9-10,12-13H,2-8H2,1H3,(H,19,20)(H2,16,17,21)/t9?,10-,12-,13-/m0/s1. The van der Waals surface area contributed by atoms with Crippen LogP contribution in [0.5, 0.6) is 0 Å². The van der Waals surface area contributed by atoms with Crippen molar-refractivity contribution >= 4 is 29.5 Å². The van der Waals surface area contributed by atoms with Crippen LogP contribution in [0.4, 0.5) is 4.79 Å². The zero-order valence-corrected chi connectivity index (χ0v) is 13.7. The molecule has 2 heterocycles. The van der Waals surface area contributed by atoms with E-state index in [1.54, 1.807) is 0 Å². The Balaban J connectivity index is 1.68. The number of unbranched alkanes of at least 4 members (excludes halogenated alkanes) is 1. The summed E-state index contributed by atoms with van der Waals surface area (Å²) in [4.78, 5) is 34.3. The molecule has 2 rings (SSSR count). The van der Waals surface area contributed by atoms with E-state index in [1.165, 1.54) is 0 Å². The molecule has 0 spiro atoms. The van der Waals surface area contributed by atoms with E-state index in [0.717, 1.165) is 25.0 Å². The number of rotatable bonds is 9. The highest BCUT2D eigenvalue weighted by atomic mass is 32.2. The fraction of sp³-hybridized carbons (Fsp3) is 0.800. The molecule has 3 N–H and O–H groups in total. The summed E-state index contributed by atoms with van der Waals surface area (Å²) in [5.74, 6) is -1.05. The highest BCUT2D eigenvalue weighted by Gasteiger charge is 2.42. The number of carbonyl (C=O) groups is 3. The smallest absolute Gasteiger partial charge is 0.315 e. The second-order valence-corrected chi connectivity index (χ2v) is 7.29. The van der Waals surface area contributed by atoms with Crippen molar-refractivity contribution in [2.45, 2.75) is 62.8 Å². The van der Waals surface area contributed by atoms with Gasteiger partial charge in [0.2, 0.25) is 0 Å². The van der Waals surface area contributed by atoms with Gasteiger partial charge in [-0.05, 0) is 19.3 Å². The first-order valence-corrected chi connectivity index (χ1v) is 9.02. The quantitative estimate of drug-likeness (QED) is 0.341. The van der Waals surface area contributed by atoms with Crippen LogP contribution in [0.3, 0.4) is 0 Å². The van der Waals surface area contributed by atoms with Crippen LogP contribution in [0.15, 0.2) is 0 Å². The van der Waals surface area contributed by atoms with E-state index in [1.807, 2.05) is 18.7 Å². The molecule has 2 fully saturated rings. The van der Waals surface area contributed by atoms with E-state index in [2.05, 4.69) is 10.6 Å². The van der Waals surface area contributed by atoms with Crippen molar-refractivity contribution < 1.29 is 19.5 Å². The summed E-state index contributed by atoms with van der Waals surface area (Å²) in [6, 6.07) is 0.337. The average Bonchev–Trinajstić information content (AvgIpc) is 3.00. The highest BCUT2D eigenvalue weighted by Crippen LogP contribution is 2.33. The maximum absolute atomic E-state index is 11.9. The zero-order valence-electron chi connectivity index (χ0n) is 12.8. The van der Waals surface area contributed by atoms with Crippen LogP contribution >= 0.6 is 11.8 Å². The number of amides is 2. The number of aliphatic carboxylic acids is 1. The molecule has 124 valence electrons. The molecule has 7 heteroatoms. The first-order valence-electron chi connectivity index (χ1n) is 7.97. The number of ketones is 1. The fourth-order valence-electron chi connectivity index (χ4n) is 3.17. The Kier molecular flexibility index (Phi) is 6.11. The van der Waals surface area contributed by atoms with Crippen molar-refractivity contribution in [2.75, 3.05) is 5.75 Å². The molecule has 2 aliphatic rings. The Labute approximate surface area is 134 Å². The molecule has 2 saturated heterocycles. The number of hydrogen-bond acceptors (Lipinski definition) is 4. The predicted molar refractivity (Wildman–Crippen MR) is 85.0 cm³/mol. The van der Waals surface area contributed by atoms with E-state index >= 15 is 0 Å². The fourth-order valence-corrected chi connectivity index (χ4v) is 4.72. The van der Waals surface area contributed by atoms with Gasteiger partial charge in [-0.3, -0.25) is 9.59 Å². The highest BCUT2D eigenvalue weighted by molar-refractivity contribution is 8.00. The van der Waals surface area contributed by atoms with E-state index in [4.69, 9.17) is 5.11 Å². The largest absolute Gasteiger partial charge is 0.481 e. The number of carbonyl (C=O) groups excluding carboxylic acids is 2. The minimum Gasteiger partial charge on any atom is -0.481 e. The van der Waals surface area contributed by atoms with Gasteiger partial charge in [-0.1, -0.05) is 19.8 Å². The Hall–Kier alpha value is -1.24.